The van der Waals surface area contributed by atoms with Crippen molar-refractivity contribution in [2.45, 2.75) is 25.7 Å². The van der Waals surface area contributed by atoms with E-state index in [4.69, 9.17) is 9.47 Å². The number of rotatable bonds is 3. The van der Waals surface area contributed by atoms with Crippen molar-refractivity contribution in [3.8, 4) is 0 Å². The molecule has 17 heavy (non-hydrogen) atoms. The number of aromatic nitrogens is 2. The number of hydrogen-bond acceptors (Lipinski definition) is 4. The fourth-order valence-corrected chi connectivity index (χ4v) is 1.71. The summed E-state index contributed by atoms with van der Waals surface area (Å²) in [5.41, 5.74) is 0.547. The third kappa shape index (κ3) is 3.04. The Morgan fingerprint density at radius 2 is 2.47 bits per heavy atom. The Morgan fingerprint density at radius 3 is 3.00 bits per heavy atom. The molecule has 1 fully saturated rings. The molecule has 0 radical (unpaired) electrons. The Labute approximate surface area is 99.9 Å². The second-order valence-corrected chi connectivity index (χ2v) is 4.56. The SMILES string of the molecule is Cn1cc(C(=O)NCC2COC(C)(C)O2)cn1. The minimum Gasteiger partial charge on any atom is -0.349 e. The van der Waals surface area contributed by atoms with Gasteiger partial charge in [-0.25, -0.2) is 0 Å². The second kappa shape index (κ2) is 4.46. The first-order chi connectivity index (χ1) is 7.96. The van der Waals surface area contributed by atoms with Crippen molar-refractivity contribution >= 4 is 5.91 Å². The van der Waals surface area contributed by atoms with Gasteiger partial charge in [-0.15, -0.1) is 0 Å². The molecule has 2 rings (SSSR count). The predicted octanol–water partition coefficient (Wildman–Crippen LogP) is 0.301. The van der Waals surface area contributed by atoms with E-state index >= 15 is 0 Å². The zero-order chi connectivity index (χ0) is 12.5. The van der Waals surface area contributed by atoms with Crippen molar-refractivity contribution < 1.29 is 14.3 Å². The van der Waals surface area contributed by atoms with Crippen LogP contribution in [0.1, 0.15) is 24.2 Å². The normalized spacial score (nSPS) is 22.6. The molecule has 1 amide bonds. The minimum atomic E-state index is -0.552. The zero-order valence-corrected chi connectivity index (χ0v) is 10.3. The van der Waals surface area contributed by atoms with E-state index in [1.54, 1.807) is 17.9 Å². The van der Waals surface area contributed by atoms with Crippen LogP contribution in [0.4, 0.5) is 0 Å². The Kier molecular flexibility index (Phi) is 3.17. The molecule has 6 nitrogen and oxygen atoms in total. The minimum absolute atomic E-state index is 0.0920. The number of carbonyl (C=O) groups excluding carboxylic acids is 1. The van der Waals surface area contributed by atoms with Gasteiger partial charge in [0.1, 0.15) is 6.10 Å². The van der Waals surface area contributed by atoms with E-state index in [2.05, 4.69) is 10.4 Å². The van der Waals surface area contributed by atoms with E-state index < -0.39 is 5.79 Å². The summed E-state index contributed by atoms with van der Waals surface area (Å²) in [6, 6.07) is 0. The Hall–Kier alpha value is -1.40. The third-order valence-corrected chi connectivity index (χ3v) is 2.52. The van der Waals surface area contributed by atoms with Gasteiger partial charge in [0.2, 0.25) is 0 Å². The van der Waals surface area contributed by atoms with Crippen molar-refractivity contribution in [1.82, 2.24) is 15.1 Å². The van der Waals surface area contributed by atoms with Crippen LogP contribution in [0.2, 0.25) is 0 Å². The molecular formula is C11H17N3O3. The van der Waals surface area contributed by atoms with E-state index in [1.807, 2.05) is 13.8 Å². The molecule has 0 spiro atoms. The molecule has 1 N–H and O–H groups in total. The highest BCUT2D eigenvalue weighted by atomic mass is 16.7. The number of hydrogen-bond donors (Lipinski definition) is 1. The lowest BCUT2D eigenvalue weighted by Crippen LogP contribution is -2.34. The van der Waals surface area contributed by atoms with Crippen molar-refractivity contribution in [1.29, 1.82) is 0 Å². The van der Waals surface area contributed by atoms with Gasteiger partial charge in [0, 0.05) is 19.8 Å². The van der Waals surface area contributed by atoms with Crippen molar-refractivity contribution in [3.05, 3.63) is 18.0 Å². The molecule has 1 aromatic rings. The molecule has 94 valence electrons. The van der Waals surface area contributed by atoms with Gasteiger partial charge in [-0.2, -0.15) is 5.10 Å². The number of carbonyl (C=O) groups is 1. The van der Waals surface area contributed by atoms with Crippen LogP contribution in [0.25, 0.3) is 0 Å². The summed E-state index contributed by atoms with van der Waals surface area (Å²) in [6.07, 6.45) is 3.11. The largest absolute Gasteiger partial charge is 0.349 e. The van der Waals surface area contributed by atoms with Gasteiger partial charge in [0.15, 0.2) is 5.79 Å². The molecule has 1 aliphatic rings. The molecule has 1 unspecified atom stereocenters. The van der Waals surface area contributed by atoms with Crippen molar-refractivity contribution in [2.24, 2.45) is 7.05 Å². The first-order valence-corrected chi connectivity index (χ1v) is 5.55. The Balaban J connectivity index is 1.81. The van der Waals surface area contributed by atoms with E-state index in [-0.39, 0.29) is 12.0 Å². The van der Waals surface area contributed by atoms with Gasteiger partial charge in [-0.05, 0) is 13.8 Å². The predicted molar refractivity (Wildman–Crippen MR) is 60.4 cm³/mol. The molecule has 1 aromatic heterocycles. The van der Waals surface area contributed by atoms with Gasteiger partial charge in [0.25, 0.3) is 5.91 Å². The van der Waals surface area contributed by atoms with Crippen LogP contribution >= 0.6 is 0 Å². The number of ether oxygens (including phenoxy) is 2. The van der Waals surface area contributed by atoms with Crippen LogP contribution in [0.5, 0.6) is 0 Å². The smallest absolute Gasteiger partial charge is 0.254 e. The van der Waals surface area contributed by atoms with Gasteiger partial charge >= 0.3 is 0 Å². The lowest BCUT2D eigenvalue weighted by atomic mass is 10.3. The summed E-state index contributed by atoms with van der Waals surface area (Å²) in [4.78, 5) is 11.7. The molecule has 2 heterocycles. The summed E-state index contributed by atoms with van der Waals surface area (Å²) in [6.45, 7) is 4.66. The van der Waals surface area contributed by atoms with Gasteiger partial charge in [-0.1, -0.05) is 0 Å². The maximum absolute atomic E-state index is 11.7. The third-order valence-electron chi connectivity index (χ3n) is 2.52. The fourth-order valence-electron chi connectivity index (χ4n) is 1.71. The van der Waals surface area contributed by atoms with E-state index in [0.29, 0.717) is 18.7 Å². The summed E-state index contributed by atoms with van der Waals surface area (Å²) < 4.78 is 12.6. The highest BCUT2D eigenvalue weighted by molar-refractivity contribution is 5.93. The number of amides is 1. The molecular weight excluding hydrogens is 222 g/mol. The monoisotopic (exact) mass is 239 g/mol. The molecule has 0 saturated carbocycles. The molecule has 0 aliphatic carbocycles. The quantitative estimate of drug-likeness (QED) is 0.824. The zero-order valence-electron chi connectivity index (χ0n) is 10.3. The first-order valence-electron chi connectivity index (χ1n) is 5.55. The van der Waals surface area contributed by atoms with Crippen LogP contribution in [-0.2, 0) is 16.5 Å². The van der Waals surface area contributed by atoms with Crippen LogP contribution in [-0.4, -0.2) is 40.7 Å². The van der Waals surface area contributed by atoms with Crippen molar-refractivity contribution in [3.63, 3.8) is 0 Å². The maximum atomic E-state index is 11.7. The summed E-state index contributed by atoms with van der Waals surface area (Å²) >= 11 is 0. The van der Waals surface area contributed by atoms with Gasteiger partial charge in [0.05, 0.1) is 18.4 Å². The average Bonchev–Trinajstić information content (AvgIpc) is 2.81. The van der Waals surface area contributed by atoms with E-state index in [0.717, 1.165) is 0 Å². The van der Waals surface area contributed by atoms with Gasteiger partial charge in [-0.3, -0.25) is 9.48 Å². The Bertz CT molecular complexity index is 414. The van der Waals surface area contributed by atoms with Crippen LogP contribution < -0.4 is 5.32 Å². The molecule has 1 aliphatic heterocycles. The molecule has 0 bridgehead atoms. The van der Waals surface area contributed by atoms with Gasteiger partial charge < -0.3 is 14.8 Å². The average molecular weight is 239 g/mol. The molecule has 1 atom stereocenters. The number of nitrogens with zero attached hydrogens (tertiary/aromatic N) is 2. The Morgan fingerprint density at radius 1 is 1.71 bits per heavy atom. The summed E-state index contributed by atoms with van der Waals surface area (Å²) in [5.74, 6) is -0.699. The van der Waals surface area contributed by atoms with Crippen LogP contribution in [0.3, 0.4) is 0 Å². The van der Waals surface area contributed by atoms with E-state index in [1.165, 1.54) is 6.20 Å². The second-order valence-electron chi connectivity index (χ2n) is 4.56. The highest BCUT2D eigenvalue weighted by Gasteiger charge is 2.32. The van der Waals surface area contributed by atoms with E-state index in [9.17, 15) is 4.79 Å². The molecule has 1 saturated heterocycles. The van der Waals surface area contributed by atoms with Crippen molar-refractivity contribution in [2.75, 3.05) is 13.2 Å². The number of nitrogens with one attached hydrogen (secondary N) is 1. The topological polar surface area (TPSA) is 65.4 Å². The summed E-state index contributed by atoms with van der Waals surface area (Å²) in [7, 11) is 1.77. The fraction of sp³-hybridized carbons (Fsp3) is 0.636. The highest BCUT2D eigenvalue weighted by Crippen LogP contribution is 2.21. The first kappa shape index (κ1) is 12.1. The lowest BCUT2D eigenvalue weighted by Gasteiger charge is -2.17. The lowest BCUT2D eigenvalue weighted by molar-refractivity contribution is -0.137. The standard InChI is InChI=1S/C11H17N3O3/c1-11(2)16-7-9(17-11)5-12-10(15)8-4-13-14(3)6-8/h4,6,9H,5,7H2,1-3H3,(H,12,15). The maximum Gasteiger partial charge on any atom is 0.254 e. The van der Waals surface area contributed by atoms with Crippen LogP contribution in [0, 0.1) is 0 Å². The molecule has 6 heteroatoms. The molecule has 0 aromatic carbocycles. The number of aryl methyl sites for hydroxylation is 1. The summed E-state index contributed by atoms with van der Waals surface area (Å²) in [5, 5.41) is 6.74. The van der Waals surface area contributed by atoms with Crippen LogP contribution in [0.15, 0.2) is 12.4 Å².